The summed E-state index contributed by atoms with van der Waals surface area (Å²) in [4.78, 5) is 14.1. The molecule has 0 aliphatic carbocycles. The van der Waals surface area contributed by atoms with Gasteiger partial charge in [-0.05, 0) is 31.0 Å². The van der Waals surface area contributed by atoms with E-state index in [9.17, 15) is 4.79 Å². The summed E-state index contributed by atoms with van der Waals surface area (Å²) in [6.07, 6.45) is 0.990. The number of halogens is 1. The minimum absolute atomic E-state index is 0.149. The van der Waals surface area contributed by atoms with Gasteiger partial charge in [0.15, 0.2) is 5.78 Å². The third kappa shape index (κ3) is 3.37. The summed E-state index contributed by atoms with van der Waals surface area (Å²) in [7, 11) is 0. The first-order valence-electron chi connectivity index (χ1n) is 5.81. The van der Waals surface area contributed by atoms with Gasteiger partial charge in [-0.3, -0.25) is 9.69 Å². The van der Waals surface area contributed by atoms with Crippen molar-refractivity contribution in [2.75, 3.05) is 26.2 Å². The molecular weight excluding hydrogens is 282 g/mol. The normalized spacial score (nSPS) is 20.7. The number of aliphatic hydroxyl groups excluding tert-OH is 1. The molecule has 0 spiro atoms. The maximum absolute atomic E-state index is 12.0. The average molecular weight is 298 g/mol. The Morgan fingerprint density at radius 2 is 2.12 bits per heavy atom. The minimum atomic E-state index is 0.149. The van der Waals surface area contributed by atoms with E-state index < -0.39 is 0 Å². The summed E-state index contributed by atoms with van der Waals surface area (Å²) in [6, 6.07) is 7.44. The van der Waals surface area contributed by atoms with Crippen molar-refractivity contribution in [3.8, 4) is 0 Å². The second-order valence-corrected chi connectivity index (χ2v) is 5.42. The number of carbonyl (C=O) groups excluding carboxylic acids is 1. The van der Waals surface area contributed by atoms with E-state index in [0.29, 0.717) is 12.5 Å². The number of aliphatic hydroxyl groups is 1. The van der Waals surface area contributed by atoms with Crippen molar-refractivity contribution in [2.24, 2.45) is 5.92 Å². The fourth-order valence-electron chi connectivity index (χ4n) is 2.14. The van der Waals surface area contributed by atoms with Gasteiger partial charge >= 0.3 is 0 Å². The van der Waals surface area contributed by atoms with Crippen LogP contribution in [0.5, 0.6) is 0 Å². The molecule has 92 valence electrons. The third-order valence-electron chi connectivity index (χ3n) is 3.16. The Labute approximate surface area is 110 Å². The molecule has 1 unspecified atom stereocenters. The Hall–Kier alpha value is -0.710. The number of Topliss-reactive ketones (excluding diaryl/α,β-unsaturated/α-hetero) is 1. The Morgan fingerprint density at radius 1 is 1.41 bits per heavy atom. The fraction of sp³-hybridized carbons (Fsp3) is 0.462. The van der Waals surface area contributed by atoms with Gasteiger partial charge in [0.05, 0.1) is 6.54 Å². The van der Waals surface area contributed by atoms with Crippen LogP contribution in [0.15, 0.2) is 28.7 Å². The van der Waals surface area contributed by atoms with Crippen molar-refractivity contribution in [1.29, 1.82) is 0 Å². The number of nitrogens with zero attached hydrogens (tertiary/aromatic N) is 1. The number of ketones is 1. The summed E-state index contributed by atoms with van der Waals surface area (Å²) in [5, 5.41) is 9.05. The molecule has 2 rings (SSSR count). The van der Waals surface area contributed by atoms with E-state index in [4.69, 9.17) is 5.11 Å². The lowest BCUT2D eigenvalue weighted by Gasteiger charge is -2.14. The van der Waals surface area contributed by atoms with Gasteiger partial charge in [0.25, 0.3) is 0 Å². The third-order valence-corrected chi connectivity index (χ3v) is 3.69. The number of rotatable bonds is 4. The van der Waals surface area contributed by atoms with Crippen molar-refractivity contribution in [3.63, 3.8) is 0 Å². The smallest absolute Gasteiger partial charge is 0.176 e. The lowest BCUT2D eigenvalue weighted by molar-refractivity contribution is 0.0940. The highest BCUT2D eigenvalue weighted by Gasteiger charge is 2.23. The summed E-state index contributed by atoms with van der Waals surface area (Å²) >= 11 is 3.35. The molecule has 0 saturated carbocycles. The second kappa shape index (κ2) is 5.76. The molecule has 1 aromatic rings. The van der Waals surface area contributed by atoms with E-state index >= 15 is 0 Å². The zero-order valence-corrected chi connectivity index (χ0v) is 11.2. The molecule has 1 aliphatic heterocycles. The predicted molar refractivity (Wildman–Crippen MR) is 70.1 cm³/mol. The van der Waals surface area contributed by atoms with E-state index in [2.05, 4.69) is 20.8 Å². The molecule has 3 nitrogen and oxygen atoms in total. The largest absolute Gasteiger partial charge is 0.396 e. The number of hydrogen-bond acceptors (Lipinski definition) is 3. The summed E-state index contributed by atoms with van der Waals surface area (Å²) in [5.74, 6) is 0.490. The topological polar surface area (TPSA) is 40.5 Å². The number of likely N-dealkylation sites (tertiary alicyclic amines) is 1. The fourth-order valence-corrected chi connectivity index (χ4v) is 2.40. The van der Waals surface area contributed by atoms with Gasteiger partial charge in [-0.25, -0.2) is 0 Å². The summed E-state index contributed by atoms with van der Waals surface area (Å²) < 4.78 is 0.982. The highest BCUT2D eigenvalue weighted by molar-refractivity contribution is 9.10. The van der Waals surface area contributed by atoms with Crippen molar-refractivity contribution in [3.05, 3.63) is 34.3 Å². The van der Waals surface area contributed by atoms with Crippen molar-refractivity contribution >= 4 is 21.7 Å². The van der Waals surface area contributed by atoms with Crippen LogP contribution in [-0.2, 0) is 0 Å². The SMILES string of the molecule is O=C(CN1CCC(CO)C1)c1ccc(Br)cc1. The Balaban J connectivity index is 1.91. The number of carbonyl (C=O) groups is 1. The molecular formula is C13H16BrNO2. The molecule has 1 heterocycles. The lowest BCUT2D eigenvalue weighted by atomic mass is 10.1. The van der Waals surface area contributed by atoms with Crippen LogP contribution in [0.4, 0.5) is 0 Å². The van der Waals surface area contributed by atoms with Gasteiger partial charge in [0.2, 0.25) is 0 Å². The molecule has 0 amide bonds. The van der Waals surface area contributed by atoms with Gasteiger partial charge in [0.1, 0.15) is 0 Å². The first-order chi connectivity index (χ1) is 8.19. The van der Waals surface area contributed by atoms with Crippen LogP contribution in [0.3, 0.4) is 0 Å². The molecule has 1 atom stereocenters. The highest BCUT2D eigenvalue weighted by atomic mass is 79.9. The van der Waals surface area contributed by atoms with Gasteiger partial charge in [-0.2, -0.15) is 0 Å². The second-order valence-electron chi connectivity index (χ2n) is 4.50. The van der Waals surface area contributed by atoms with Crippen LogP contribution in [0.2, 0.25) is 0 Å². The summed E-state index contributed by atoms with van der Waals surface area (Å²) in [6.45, 7) is 2.42. The van der Waals surface area contributed by atoms with E-state index in [-0.39, 0.29) is 12.4 Å². The number of benzene rings is 1. The molecule has 0 bridgehead atoms. The van der Waals surface area contributed by atoms with Crippen LogP contribution < -0.4 is 0 Å². The van der Waals surface area contributed by atoms with E-state index in [1.807, 2.05) is 24.3 Å². The zero-order valence-electron chi connectivity index (χ0n) is 9.60. The molecule has 4 heteroatoms. The van der Waals surface area contributed by atoms with E-state index in [1.165, 1.54) is 0 Å². The average Bonchev–Trinajstić information content (AvgIpc) is 2.77. The Bertz CT molecular complexity index is 391. The van der Waals surface area contributed by atoms with Gasteiger partial charge in [-0.15, -0.1) is 0 Å². The first kappa shape index (κ1) is 12.7. The Kier molecular flexibility index (Phi) is 4.31. The van der Waals surface area contributed by atoms with Crippen LogP contribution in [0, 0.1) is 5.92 Å². The molecule has 1 N–H and O–H groups in total. The van der Waals surface area contributed by atoms with E-state index in [0.717, 1.165) is 29.5 Å². The van der Waals surface area contributed by atoms with Crippen molar-refractivity contribution in [2.45, 2.75) is 6.42 Å². The molecule has 1 fully saturated rings. The van der Waals surface area contributed by atoms with Crippen LogP contribution >= 0.6 is 15.9 Å². The standard InChI is InChI=1S/C13H16BrNO2/c14-12-3-1-11(2-4-12)13(17)8-15-6-5-10(7-15)9-16/h1-4,10,16H,5-9H2. The maximum atomic E-state index is 12.0. The molecule has 0 aromatic heterocycles. The minimum Gasteiger partial charge on any atom is -0.396 e. The number of hydrogen-bond donors (Lipinski definition) is 1. The molecule has 1 saturated heterocycles. The van der Waals surface area contributed by atoms with E-state index in [1.54, 1.807) is 0 Å². The maximum Gasteiger partial charge on any atom is 0.176 e. The molecule has 1 aromatic carbocycles. The van der Waals surface area contributed by atoms with Crippen LogP contribution in [0.1, 0.15) is 16.8 Å². The van der Waals surface area contributed by atoms with Crippen molar-refractivity contribution in [1.82, 2.24) is 4.90 Å². The predicted octanol–water partition coefficient (Wildman–Crippen LogP) is 1.95. The van der Waals surface area contributed by atoms with Crippen LogP contribution in [-0.4, -0.2) is 42.0 Å². The monoisotopic (exact) mass is 297 g/mol. The van der Waals surface area contributed by atoms with Gasteiger partial charge in [0, 0.05) is 23.2 Å². The zero-order chi connectivity index (χ0) is 12.3. The molecule has 17 heavy (non-hydrogen) atoms. The van der Waals surface area contributed by atoms with Crippen molar-refractivity contribution < 1.29 is 9.90 Å². The Morgan fingerprint density at radius 3 is 2.71 bits per heavy atom. The molecule has 1 aliphatic rings. The quantitative estimate of drug-likeness (QED) is 0.864. The lowest BCUT2D eigenvalue weighted by Crippen LogP contribution is -2.28. The van der Waals surface area contributed by atoms with Gasteiger partial charge < -0.3 is 5.11 Å². The molecule has 0 radical (unpaired) electrons. The first-order valence-corrected chi connectivity index (χ1v) is 6.60. The highest BCUT2D eigenvalue weighted by Crippen LogP contribution is 2.16. The summed E-state index contributed by atoms with van der Waals surface area (Å²) in [5.41, 5.74) is 0.751. The van der Waals surface area contributed by atoms with Crippen LogP contribution in [0.25, 0.3) is 0 Å². The van der Waals surface area contributed by atoms with Gasteiger partial charge in [-0.1, -0.05) is 28.1 Å².